The summed E-state index contributed by atoms with van der Waals surface area (Å²) in [6, 6.07) is 17.4. The van der Waals surface area contributed by atoms with Gasteiger partial charge in [0.1, 0.15) is 0 Å². The molecule has 0 N–H and O–H groups in total. The third-order valence-electron chi connectivity index (χ3n) is 6.37. The first kappa shape index (κ1) is 22.2. The topological polar surface area (TPSA) is 60.9 Å². The van der Waals surface area contributed by atoms with Crippen molar-refractivity contribution in [2.45, 2.75) is 38.6 Å². The van der Waals surface area contributed by atoms with Crippen LogP contribution in [0.1, 0.15) is 58.4 Å². The Morgan fingerprint density at radius 1 is 0.719 bits per heavy atom. The van der Waals surface area contributed by atoms with Gasteiger partial charge in [0.2, 0.25) is 5.91 Å². The van der Waals surface area contributed by atoms with E-state index in [0.717, 1.165) is 58.4 Å². The van der Waals surface area contributed by atoms with Crippen molar-refractivity contribution in [3.05, 3.63) is 71.3 Å². The van der Waals surface area contributed by atoms with Crippen molar-refractivity contribution in [3.63, 3.8) is 0 Å². The first-order chi connectivity index (χ1) is 15.6. The summed E-state index contributed by atoms with van der Waals surface area (Å²) < 4.78 is 0. The number of carbonyl (C=O) groups is 3. The van der Waals surface area contributed by atoms with E-state index < -0.39 is 0 Å². The highest BCUT2D eigenvalue weighted by atomic mass is 16.2. The number of hydrogen-bond donors (Lipinski definition) is 0. The van der Waals surface area contributed by atoms with Gasteiger partial charge in [-0.3, -0.25) is 24.2 Å². The summed E-state index contributed by atoms with van der Waals surface area (Å²) in [5.41, 5.74) is 2.33. The lowest BCUT2D eigenvalue weighted by molar-refractivity contribution is -0.133. The van der Waals surface area contributed by atoms with E-state index >= 15 is 0 Å². The number of piperazine rings is 1. The lowest BCUT2D eigenvalue weighted by atomic mass is 10.1. The van der Waals surface area contributed by atoms with Crippen LogP contribution < -0.4 is 0 Å². The average molecular weight is 434 g/mol. The Labute approximate surface area is 189 Å². The molecule has 2 aliphatic rings. The Kier molecular flexibility index (Phi) is 7.32. The van der Waals surface area contributed by atoms with Crippen LogP contribution in [0.5, 0.6) is 0 Å². The van der Waals surface area contributed by atoms with Gasteiger partial charge < -0.3 is 4.90 Å². The van der Waals surface area contributed by atoms with E-state index in [1.807, 2.05) is 11.0 Å². The van der Waals surface area contributed by atoms with Crippen molar-refractivity contribution in [1.82, 2.24) is 14.7 Å². The second-order valence-corrected chi connectivity index (χ2v) is 8.61. The fourth-order valence-corrected chi connectivity index (χ4v) is 4.50. The quantitative estimate of drug-likeness (QED) is 0.448. The van der Waals surface area contributed by atoms with E-state index in [9.17, 15) is 14.4 Å². The highest BCUT2D eigenvalue weighted by molar-refractivity contribution is 6.21. The summed E-state index contributed by atoms with van der Waals surface area (Å²) in [5, 5.41) is 0. The molecule has 2 aromatic carbocycles. The molecule has 0 atom stereocenters. The molecule has 0 spiro atoms. The molecule has 6 heteroatoms. The lowest BCUT2D eigenvalue weighted by Crippen LogP contribution is -2.48. The smallest absolute Gasteiger partial charge is 0.261 e. The fourth-order valence-electron chi connectivity index (χ4n) is 4.50. The largest absolute Gasteiger partial charge is 0.340 e. The van der Waals surface area contributed by atoms with Gasteiger partial charge in [-0.25, -0.2) is 0 Å². The van der Waals surface area contributed by atoms with Gasteiger partial charge in [-0.2, -0.15) is 0 Å². The zero-order valence-corrected chi connectivity index (χ0v) is 18.5. The van der Waals surface area contributed by atoms with Gasteiger partial charge in [-0.05, 0) is 30.5 Å². The van der Waals surface area contributed by atoms with Gasteiger partial charge in [0.25, 0.3) is 11.8 Å². The van der Waals surface area contributed by atoms with Crippen molar-refractivity contribution in [1.29, 1.82) is 0 Å². The lowest BCUT2D eigenvalue weighted by Gasteiger charge is -2.34. The number of unbranched alkanes of at least 4 members (excludes halogenated alkanes) is 3. The van der Waals surface area contributed by atoms with Gasteiger partial charge >= 0.3 is 0 Å². The Bertz CT molecular complexity index is 917. The first-order valence-electron chi connectivity index (χ1n) is 11.6. The predicted molar refractivity (Wildman–Crippen MR) is 123 cm³/mol. The molecule has 0 aromatic heterocycles. The summed E-state index contributed by atoms with van der Waals surface area (Å²) in [7, 11) is 0. The molecule has 3 amide bonds. The van der Waals surface area contributed by atoms with Crippen molar-refractivity contribution in [3.8, 4) is 0 Å². The van der Waals surface area contributed by atoms with Crippen molar-refractivity contribution < 1.29 is 14.4 Å². The number of benzene rings is 2. The van der Waals surface area contributed by atoms with Gasteiger partial charge in [-0.1, -0.05) is 55.3 Å². The Hall–Kier alpha value is -2.99. The SMILES string of the molecule is O=C(CCCCCCN1C(=O)c2ccccc2C1=O)N1CCN(Cc2ccccc2)CC1. The minimum atomic E-state index is -0.188. The second kappa shape index (κ2) is 10.6. The maximum atomic E-state index is 12.5. The number of fused-ring (bicyclic) bond motifs is 1. The monoisotopic (exact) mass is 433 g/mol. The van der Waals surface area contributed by atoms with Gasteiger partial charge in [0.05, 0.1) is 11.1 Å². The molecule has 168 valence electrons. The minimum Gasteiger partial charge on any atom is -0.340 e. The fraction of sp³-hybridized carbons (Fsp3) is 0.423. The van der Waals surface area contributed by atoms with Crippen LogP contribution >= 0.6 is 0 Å². The maximum Gasteiger partial charge on any atom is 0.261 e. The standard InChI is InChI=1S/C26H31N3O3/c30-24(28-18-16-27(17-19-28)20-21-10-4-3-5-11-21)14-6-1-2-9-15-29-25(31)22-12-7-8-13-23(22)26(29)32/h3-5,7-8,10-13H,1-2,6,9,14-20H2. The summed E-state index contributed by atoms with van der Waals surface area (Å²) >= 11 is 0. The molecular formula is C26H31N3O3. The predicted octanol–water partition coefficient (Wildman–Crippen LogP) is 3.58. The van der Waals surface area contributed by atoms with E-state index in [2.05, 4.69) is 29.2 Å². The van der Waals surface area contributed by atoms with Crippen LogP contribution in [0.25, 0.3) is 0 Å². The van der Waals surface area contributed by atoms with Gasteiger partial charge in [0, 0.05) is 45.7 Å². The normalized spacial score (nSPS) is 16.5. The molecule has 4 rings (SSSR count). The van der Waals surface area contributed by atoms with E-state index in [4.69, 9.17) is 0 Å². The third kappa shape index (κ3) is 5.25. The van der Waals surface area contributed by atoms with Crippen LogP contribution in [-0.4, -0.2) is 65.1 Å². The molecule has 0 unspecified atom stereocenters. The van der Waals surface area contributed by atoms with Crippen molar-refractivity contribution >= 4 is 17.7 Å². The summed E-state index contributed by atoms with van der Waals surface area (Å²) in [4.78, 5) is 43.0. The molecule has 0 aliphatic carbocycles. The number of nitrogens with zero attached hydrogens (tertiary/aromatic N) is 3. The van der Waals surface area contributed by atoms with Crippen molar-refractivity contribution in [2.75, 3.05) is 32.7 Å². The summed E-state index contributed by atoms with van der Waals surface area (Å²) in [6.07, 6.45) is 4.04. The van der Waals surface area contributed by atoms with Crippen LogP contribution in [0.15, 0.2) is 54.6 Å². The zero-order valence-electron chi connectivity index (χ0n) is 18.5. The van der Waals surface area contributed by atoms with Gasteiger partial charge in [-0.15, -0.1) is 0 Å². The molecule has 2 aliphatic heterocycles. The van der Waals surface area contributed by atoms with E-state index in [1.165, 1.54) is 10.5 Å². The molecule has 1 fully saturated rings. The van der Waals surface area contributed by atoms with Gasteiger partial charge in [0.15, 0.2) is 0 Å². The van der Waals surface area contributed by atoms with Crippen LogP contribution in [0.2, 0.25) is 0 Å². The molecule has 2 aromatic rings. The van der Waals surface area contributed by atoms with E-state index in [1.54, 1.807) is 24.3 Å². The number of amides is 3. The molecule has 1 saturated heterocycles. The Balaban J connectivity index is 1.09. The number of carbonyl (C=O) groups excluding carboxylic acids is 3. The summed E-state index contributed by atoms with van der Waals surface area (Å²) in [5.74, 6) is -0.135. The third-order valence-corrected chi connectivity index (χ3v) is 6.37. The number of rotatable bonds is 9. The molecule has 0 saturated carbocycles. The summed E-state index contributed by atoms with van der Waals surface area (Å²) in [6.45, 7) is 4.82. The minimum absolute atomic E-state index is 0.188. The highest BCUT2D eigenvalue weighted by Gasteiger charge is 2.34. The zero-order chi connectivity index (χ0) is 22.3. The van der Waals surface area contributed by atoms with Crippen molar-refractivity contribution in [2.24, 2.45) is 0 Å². The molecule has 0 radical (unpaired) electrons. The first-order valence-corrected chi connectivity index (χ1v) is 11.6. The Morgan fingerprint density at radius 3 is 1.97 bits per heavy atom. The number of imide groups is 1. The highest BCUT2D eigenvalue weighted by Crippen LogP contribution is 2.23. The van der Waals surface area contributed by atoms with E-state index in [-0.39, 0.29) is 17.7 Å². The number of hydrogen-bond acceptors (Lipinski definition) is 4. The maximum absolute atomic E-state index is 12.5. The molecule has 32 heavy (non-hydrogen) atoms. The van der Waals surface area contributed by atoms with Crippen LogP contribution in [0, 0.1) is 0 Å². The van der Waals surface area contributed by atoms with Crippen LogP contribution in [0.4, 0.5) is 0 Å². The second-order valence-electron chi connectivity index (χ2n) is 8.61. The molecule has 6 nitrogen and oxygen atoms in total. The van der Waals surface area contributed by atoms with Crippen LogP contribution in [-0.2, 0) is 11.3 Å². The Morgan fingerprint density at radius 2 is 1.31 bits per heavy atom. The molecular weight excluding hydrogens is 402 g/mol. The van der Waals surface area contributed by atoms with Crippen LogP contribution in [0.3, 0.4) is 0 Å². The van der Waals surface area contributed by atoms with E-state index in [0.29, 0.717) is 24.1 Å². The molecule has 0 bridgehead atoms. The average Bonchev–Trinajstić information content (AvgIpc) is 3.07. The molecule has 2 heterocycles.